The van der Waals surface area contributed by atoms with Gasteiger partial charge in [-0.2, -0.15) is 5.26 Å². The van der Waals surface area contributed by atoms with E-state index in [9.17, 15) is 13.5 Å². The number of benzene rings is 1. The van der Waals surface area contributed by atoms with Gasteiger partial charge in [-0.15, -0.1) is 0 Å². The maximum atomic E-state index is 12.2. The van der Waals surface area contributed by atoms with Crippen LogP contribution in [0.1, 0.15) is 31.2 Å². The van der Waals surface area contributed by atoms with Crippen molar-refractivity contribution in [2.24, 2.45) is 5.92 Å². The number of sulfonamides is 1. The highest BCUT2D eigenvalue weighted by atomic mass is 32.2. The number of aliphatic hydroxyl groups excluding tert-OH is 1. The summed E-state index contributed by atoms with van der Waals surface area (Å²) >= 11 is 0. The van der Waals surface area contributed by atoms with Crippen molar-refractivity contribution >= 4 is 10.0 Å². The van der Waals surface area contributed by atoms with E-state index in [2.05, 4.69) is 4.72 Å². The number of nitriles is 1. The van der Waals surface area contributed by atoms with Crippen molar-refractivity contribution in [2.45, 2.75) is 43.1 Å². The summed E-state index contributed by atoms with van der Waals surface area (Å²) in [5.74, 6) is -0.00797. The first-order chi connectivity index (χ1) is 10.0. The maximum absolute atomic E-state index is 12.2. The fraction of sp³-hybridized carbons (Fsp3) is 0.533. The number of nitrogens with one attached hydrogen (secondary N) is 1. The molecule has 0 spiro atoms. The molecule has 0 aliphatic heterocycles. The highest BCUT2D eigenvalue weighted by Gasteiger charge is 2.25. The Hall–Kier alpha value is -1.42. The van der Waals surface area contributed by atoms with Crippen molar-refractivity contribution in [3.8, 4) is 6.07 Å². The van der Waals surface area contributed by atoms with Gasteiger partial charge in [0.05, 0.1) is 23.5 Å². The Morgan fingerprint density at radius 1 is 1.24 bits per heavy atom. The molecule has 6 heteroatoms. The number of aliphatic hydroxyl groups is 1. The average Bonchev–Trinajstić information content (AvgIpc) is 2.47. The molecule has 1 aliphatic rings. The SMILES string of the molecule is N#CCc1ccc(S(=O)(=O)NCC2CCCCC2O)cc1. The summed E-state index contributed by atoms with van der Waals surface area (Å²) in [6.07, 6.45) is 3.48. The van der Waals surface area contributed by atoms with Gasteiger partial charge in [0.25, 0.3) is 0 Å². The van der Waals surface area contributed by atoms with E-state index in [0.29, 0.717) is 0 Å². The van der Waals surface area contributed by atoms with Crippen molar-refractivity contribution in [3.63, 3.8) is 0 Å². The van der Waals surface area contributed by atoms with Gasteiger partial charge in [0.15, 0.2) is 0 Å². The molecule has 1 aromatic carbocycles. The second-order valence-electron chi connectivity index (χ2n) is 5.44. The van der Waals surface area contributed by atoms with Crippen LogP contribution >= 0.6 is 0 Å². The molecule has 0 heterocycles. The smallest absolute Gasteiger partial charge is 0.240 e. The van der Waals surface area contributed by atoms with Crippen LogP contribution in [0.25, 0.3) is 0 Å². The van der Waals surface area contributed by atoms with Crippen LogP contribution in [0.4, 0.5) is 0 Å². The summed E-state index contributed by atoms with van der Waals surface area (Å²) in [5.41, 5.74) is 0.791. The molecule has 0 radical (unpaired) electrons. The Kier molecular flexibility index (Phi) is 5.34. The number of nitrogens with zero attached hydrogens (tertiary/aromatic N) is 1. The Morgan fingerprint density at radius 2 is 1.90 bits per heavy atom. The molecule has 1 aromatic rings. The molecule has 1 saturated carbocycles. The zero-order chi connectivity index (χ0) is 15.3. The van der Waals surface area contributed by atoms with E-state index < -0.39 is 16.1 Å². The Labute approximate surface area is 125 Å². The molecule has 114 valence electrons. The van der Waals surface area contributed by atoms with E-state index in [1.54, 1.807) is 12.1 Å². The lowest BCUT2D eigenvalue weighted by Crippen LogP contribution is -2.36. The summed E-state index contributed by atoms with van der Waals surface area (Å²) in [7, 11) is -3.56. The third-order valence-corrected chi connectivity index (χ3v) is 5.36. The van der Waals surface area contributed by atoms with Crippen molar-refractivity contribution in [3.05, 3.63) is 29.8 Å². The number of hydrogen-bond donors (Lipinski definition) is 2. The van der Waals surface area contributed by atoms with Crippen LogP contribution < -0.4 is 4.72 Å². The number of rotatable bonds is 5. The molecule has 1 fully saturated rings. The minimum Gasteiger partial charge on any atom is -0.393 e. The molecule has 2 rings (SSSR count). The standard InChI is InChI=1S/C15H20N2O3S/c16-10-9-12-5-7-14(8-6-12)21(19,20)17-11-13-3-1-2-4-15(13)18/h5-8,13,15,17-18H,1-4,9,11H2. The van der Waals surface area contributed by atoms with Crippen LogP contribution in [0.2, 0.25) is 0 Å². The third-order valence-electron chi connectivity index (χ3n) is 3.92. The largest absolute Gasteiger partial charge is 0.393 e. The quantitative estimate of drug-likeness (QED) is 0.864. The summed E-state index contributed by atoms with van der Waals surface area (Å²) < 4.78 is 27.0. The van der Waals surface area contributed by atoms with Gasteiger partial charge in [0, 0.05) is 6.54 Å². The van der Waals surface area contributed by atoms with Crippen molar-refractivity contribution in [1.29, 1.82) is 5.26 Å². The zero-order valence-electron chi connectivity index (χ0n) is 11.8. The van der Waals surface area contributed by atoms with Crippen molar-refractivity contribution in [1.82, 2.24) is 4.72 Å². The Bertz CT molecular complexity index is 605. The lowest BCUT2D eigenvalue weighted by Gasteiger charge is -2.27. The second kappa shape index (κ2) is 7.03. The molecule has 2 atom stereocenters. The molecular weight excluding hydrogens is 288 g/mol. The Balaban J connectivity index is 1.99. The highest BCUT2D eigenvalue weighted by Crippen LogP contribution is 2.24. The highest BCUT2D eigenvalue weighted by molar-refractivity contribution is 7.89. The van der Waals surface area contributed by atoms with E-state index >= 15 is 0 Å². The average molecular weight is 308 g/mol. The van der Waals surface area contributed by atoms with Gasteiger partial charge in [-0.3, -0.25) is 0 Å². The molecule has 0 bridgehead atoms. The zero-order valence-corrected chi connectivity index (χ0v) is 12.6. The van der Waals surface area contributed by atoms with E-state index in [1.807, 2.05) is 6.07 Å². The van der Waals surface area contributed by atoms with Gasteiger partial charge in [0.2, 0.25) is 10.0 Å². The first-order valence-electron chi connectivity index (χ1n) is 7.16. The van der Waals surface area contributed by atoms with Crippen molar-refractivity contribution in [2.75, 3.05) is 6.54 Å². The molecule has 5 nitrogen and oxygen atoms in total. The maximum Gasteiger partial charge on any atom is 0.240 e. The first-order valence-corrected chi connectivity index (χ1v) is 8.65. The molecule has 2 N–H and O–H groups in total. The summed E-state index contributed by atoms with van der Waals surface area (Å²) in [6, 6.07) is 8.33. The van der Waals surface area contributed by atoms with Crippen LogP contribution in [0.15, 0.2) is 29.2 Å². The molecule has 0 amide bonds. The minimum atomic E-state index is -3.56. The van der Waals surface area contributed by atoms with Gasteiger partial charge < -0.3 is 5.11 Å². The van der Waals surface area contributed by atoms with Gasteiger partial charge in [-0.1, -0.05) is 25.0 Å². The van der Waals surface area contributed by atoms with E-state index in [4.69, 9.17) is 5.26 Å². The topological polar surface area (TPSA) is 90.2 Å². The monoisotopic (exact) mass is 308 g/mol. The van der Waals surface area contributed by atoms with Gasteiger partial charge in [-0.05, 0) is 36.5 Å². The normalized spacial score (nSPS) is 22.7. The van der Waals surface area contributed by atoms with Crippen LogP contribution in [0, 0.1) is 17.2 Å². The van der Waals surface area contributed by atoms with Crippen LogP contribution in [-0.2, 0) is 16.4 Å². The molecule has 2 unspecified atom stereocenters. The van der Waals surface area contributed by atoms with E-state index in [0.717, 1.165) is 31.2 Å². The fourth-order valence-corrected chi connectivity index (χ4v) is 3.70. The summed E-state index contributed by atoms with van der Waals surface area (Å²) in [4.78, 5) is 0.189. The number of hydrogen-bond acceptors (Lipinski definition) is 4. The van der Waals surface area contributed by atoms with Gasteiger partial charge in [0.1, 0.15) is 0 Å². The van der Waals surface area contributed by atoms with Crippen LogP contribution in [-0.4, -0.2) is 26.2 Å². The third kappa shape index (κ3) is 4.27. The first kappa shape index (κ1) is 16.0. The van der Waals surface area contributed by atoms with E-state index in [-0.39, 0.29) is 23.8 Å². The molecule has 21 heavy (non-hydrogen) atoms. The predicted octanol–water partition coefficient (Wildman–Crippen LogP) is 1.58. The van der Waals surface area contributed by atoms with Gasteiger partial charge >= 0.3 is 0 Å². The molecular formula is C15H20N2O3S. The van der Waals surface area contributed by atoms with Crippen LogP contribution in [0.5, 0.6) is 0 Å². The molecule has 0 saturated heterocycles. The van der Waals surface area contributed by atoms with Gasteiger partial charge in [-0.25, -0.2) is 13.1 Å². The predicted molar refractivity (Wildman–Crippen MR) is 78.9 cm³/mol. The lowest BCUT2D eigenvalue weighted by molar-refractivity contribution is 0.0724. The van der Waals surface area contributed by atoms with E-state index in [1.165, 1.54) is 12.1 Å². The lowest BCUT2D eigenvalue weighted by atomic mass is 9.87. The fourth-order valence-electron chi connectivity index (χ4n) is 2.60. The van der Waals surface area contributed by atoms with Crippen LogP contribution in [0.3, 0.4) is 0 Å². The minimum absolute atomic E-state index is 0.00797. The summed E-state index contributed by atoms with van der Waals surface area (Å²) in [6.45, 7) is 0.267. The van der Waals surface area contributed by atoms with Crippen molar-refractivity contribution < 1.29 is 13.5 Å². The molecule has 1 aliphatic carbocycles. The Morgan fingerprint density at radius 3 is 2.52 bits per heavy atom. The molecule has 0 aromatic heterocycles. The summed E-state index contributed by atoms with van der Waals surface area (Å²) in [5, 5.41) is 18.5. The second-order valence-corrected chi connectivity index (χ2v) is 7.21.